The minimum atomic E-state index is 0.157. The maximum Gasteiger partial charge on any atom is 0.223 e. The average Bonchev–Trinajstić information content (AvgIpc) is 2.95. The van der Waals surface area contributed by atoms with Crippen molar-refractivity contribution in [2.24, 2.45) is 5.92 Å². The molecular formula is C13H14BrNO. The fraction of sp³-hybridized carbons (Fsp3) is 0.462. The number of carbonyl (C=O) groups is 1. The Bertz CT molecular complexity index is 440. The highest BCUT2D eigenvalue weighted by Gasteiger charge is 2.31. The summed E-state index contributed by atoms with van der Waals surface area (Å²) < 4.78 is 1.11. The van der Waals surface area contributed by atoms with Crippen LogP contribution in [-0.2, 0) is 17.6 Å². The number of hydrogen-bond acceptors (Lipinski definition) is 1. The third-order valence-electron chi connectivity index (χ3n) is 3.40. The zero-order chi connectivity index (χ0) is 11.1. The van der Waals surface area contributed by atoms with E-state index in [9.17, 15) is 4.79 Å². The maximum absolute atomic E-state index is 11.9. The van der Waals surface area contributed by atoms with Crippen molar-refractivity contribution in [1.82, 2.24) is 5.32 Å². The van der Waals surface area contributed by atoms with Crippen molar-refractivity contribution in [3.63, 3.8) is 0 Å². The fourth-order valence-corrected chi connectivity index (χ4v) is 2.73. The molecule has 0 heterocycles. The fourth-order valence-electron chi connectivity index (χ4n) is 2.32. The molecule has 1 amide bonds. The second kappa shape index (κ2) is 3.88. The largest absolute Gasteiger partial charge is 0.353 e. The molecule has 1 aromatic carbocycles. The third-order valence-corrected chi connectivity index (χ3v) is 3.89. The molecule has 0 saturated heterocycles. The Labute approximate surface area is 104 Å². The Morgan fingerprint density at radius 1 is 1.25 bits per heavy atom. The average molecular weight is 280 g/mol. The Kier molecular flexibility index (Phi) is 2.51. The number of carbonyl (C=O) groups excluding carboxylic acids is 1. The van der Waals surface area contributed by atoms with Gasteiger partial charge in [-0.05, 0) is 48.9 Å². The Hall–Kier alpha value is -0.830. The molecule has 2 nitrogen and oxygen atoms in total. The van der Waals surface area contributed by atoms with Crippen molar-refractivity contribution < 1.29 is 4.79 Å². The molecule has 1 aromatic rings. The Balaban J connectivity index is 1.71. The van der Waals surface area contributed by atoms with Gasteiger partial charge in [0.1, 0.15) is 0 Å². The third kappa shape index (κ3) is 2.01. The number of nitrogens with one attached hydrogen (secondary N) is 1. The lowest BCUT2D eigenvalue weighted by molar-refractivity contribution is -0.124. The van der Waals surface area contributed by atoms with Gasteiger partial charge in [-0.1, -0.05) is 22.0 Å². The van der Waals surface area contributed by atoms with Crippen LogP contribution in [0.4, 0.5) is 0 Å². The van der Waals surface area contributed by atoms with Crippen LogP contribution in [0.3, 0.4) is 0 Å². The van der Waals surface area contributed by atoms with Crippen LogP contribution in [0.5, 0.6) is 0 Å². The molecule has 0 aromatic heterocycles. The first-order chi connectivity index (χ1) is 7.72. The summed E-state index contributed by atoms with van der Waals surface area (Å²) >= 11 is 3.47. The quantitative estimate of drug-likeness (QED) is 0.885. The molecule has 0 bridgehead atoms. The highest BCUT2D eigenvalue weighted by Crippen LogP contribution is 2.30. The molecule has 0 radical (unpaired) electrons. The molecule has 3 rings (SSSR count). The van der Waals surface area contributed by atoms with Crippen LogP contribution >= 0.6 is 15.9 Å². The summed E-state index contributed by atoms with van der Waals surface area (Å²) in [5.74, 6) is 0.403. The molecule has 84 valence electrons. The van der Waals surface area contributed by atoms with Crippen LogP contribution in [0.1, 0.15) is 24.0 Å². The molecule has 2 aliphatic carbocycles. The lowest BCUT2D eigenvalue weighted by atomic mass is 10.1. The molecule has 16 heavy (non-hydrogen) atoms. The van der Waals surface area contributed by atoms with Crippen molar-refractivity contribution in [2.75, 3.05) is 0 Å². The zero-order valence-electron chi connectivity index (χ0n) is 9.00. The van der Waals surface area contributed by atoms with Gasteiger partial charge in [0.15, 0.2) is 0 Å². The van der Waals surface area contributed by atoms with Gasteiger partial charge in [0.25, 0.3) is 0 Å². The summed E-state index contributed by atoms with van der Waals surface area (Å²) in [6.07, 6.45) is 4.13. The van der Waals surface area contributed by atoms with Crippen LogP contribution in [0, 0.1) is 5.92 Å². The minimum absolute atomic E-state index is 0.157. The number of benzene rings is 1. The molecule has 3 heteroatoms. The van der Waals surface area contributed by atoms with Gasteiger partial charge >= 0.3 is 0 Å². The van der Waals surface area contributed by atoms with Crippen LogP contribution in [0.25, 0.3) is 0 Å². The van der Waals surface area contributed by atoms with Gasteiger partial charge in [0.05, 0.1) is 0 Å². The number of rotatable bonds is 2. The summed E-state index contributed by atoms with van der Waals surface area (Å²) in [4.78, 5) is 11.9. The topological polar surface area (TPSA) is 29.1 Å². The summed E-state index contributed by atoms with van der Waals surface area (Å²) in [6.45, 7) is 0. The van der Waals surface area contributed by atoms with Crippen LogP contribution < -0.4 is 5.32 Å². The SMILES string of the molecule is O=C(NC1CC1)C1Cc2ccc(Br)cc2C1. The lowest BCUT2D eigenvalue weighted by Crippen LogP contribution is -2.32. The van der Waals surface area contributed by atoms with Crippen molar-refractivity contribution in [1.29, 1.82) is 0 Å². The van der Waals surface area contributed by atoms with Crippen molar-refractivity contribution in [3.8, 4) is 0 Å². The van der Waals surface area contributed by atoms with Gasteiger partial charge in [-0.2, -0.15) is 0 Å². The smallest absolute Gasteiger partial charge is 0.223 e. The molecule has 0 spiro atoms. The van der Waals surface area contributed by atoms with E-state index in [1.165, 1.54) is 11.1 Å². The summed E-state index contributed by atoms with van der Waals surface area (Å²) in [6, 6.07) is 6.80. The molecular weight excluding hydrogens is 266 g/mol. The molecule has 1 fully saturated rings. The minimum Gasteiger partial charge on any atom is -0.353 e. The number of fused-ring (bicyclic) bond motifs is 1. The normalized spacial score (nSPS) is 22.9. The standard InChI is InChI=1S/C13H14BrNO/c14-11-2-1-8-5-10(6-9(8)7-11)13(16)15-12-3-4-12/h1-2,7,10,12H,3-6H2,(H,15,16). The highest BCUT2D eigenvalue weighted by atomic mass is 79.9. The monoisotopic (exact) mass is 279 g/mol. The predicted molar refractivity (Wildman–Crippen MR) is 66.2 cm³/mol. The van der Waals surface area contributed by atoms with Crippen LogP contribution in [0.2, 0.25) is 0 Å². The Morgan fingerprint density at radius 2 is 2.00 bits per heavy atom. The maximum atomic E-state index is 11.9. The number of halogens is 1. The lowest BCUT2D eigenvalue weighted by Gasteiger charge is -2.08. The van der Waals surface area contributed by atoms with Gasteiger partial charge < -0.3 is 5.32 Å². The highest BCUT2D eigenvalue weighted by molar-refractivity contribution is 9.10. The number of hydrogen-bond donors (Lipinski definition) is 1. The first-order valence-electron chi connectivity index (χ1n) is 5.80. The molecule has 2 aliphatic rings. The van der Waals surface area contributed by atoms with Crippen molar-refractivity contribution >= 4 is 21.8 Å². The first kappa shape index (κ1) is 10.3. The number of amides is 1. The van der Waals surface area contributed by atoms with Gasteiger partial charge in [0.2, 0.25) is 5.91 Å². The van der Waals surface area contributed by atoms with E-state index in [0.29, 0.717) is 6.04 Å². The summed E-state index contributed by atoms with van der Waals surface area (Å²) in [7, 11) is 0. The van der Waals surface area contributed by atoms with E-state index in [0.717, 1.165) is 30.2 Å². The van der Waals surface area contributed by atoms with E-state index in [-0.39, 0.29) is 11.8 Å². The van der Waals surface area contributed by atoms with Gasteiger partial charge in [-0.25, -0.2) is 0 Å². The summed E-state index contributed by atoms with van der Waals surface area (Å²) in [5.41, 5.74) is 2.66. The van der Waals surface area contributed by atoms with Crippen LogP contribution in [0.15, 0.2) is 22.7 Å². The van der Waals surface area contributed by atoms with Gasteiger partial charge in [0, 0.05) is 16.4 Å². The summed E-state index contributed by atoms with van der Waals surface area (Å²) in [5, 5.41) is 3.09. The second-order valence-electron chi connectivity index (χ2n) is 4.80. The second-order valence-corrected chi connectivity index (χ2v) is 5.72. The predicted octanol–water partition coefficient (Wildman–Crippen LogP) is 2.44. The van der Waals surface area contributed by atoms with Gasteiger partial charge in [-0.3, -0.25) is 4.79 Å². The van der Waals surface area contributed by atoms with E-state index < -0.39 is 0 Å². The van der Waals surface area contributed by atoms with Gasteiger partial charge in [-0.15, -0.1) is 0 Å². The molecule has 0 aliphatic heterocycles. The van der Waals surface area contributed by atoms with E-state index >= 15 is 0 Å². The van der Waals surface area contributed by atoms with E-state index in [1.54, 1.807) is 0 Å². The molecule has 1 unspecified atom stereocenters. The van der Waals surface area contributed by atoms with E-state index in [4.69, 9.17) is 0 Å². The van der Waals surface area contributed by atoms with Crippen molar-refractivity contribution in [3.05, 3.63) is 33.8 Å². The Morgan fingerprint density at radius 3 is 2.75 bits per heavy atom. The zero-order valence-corrected chi connectivity index (χ0v) is 10.6. The van der Waals surface area contributed by atoms with Crippen LogP contribution in [-0.4, -0.2) is 11.9 Å². The molecule has 1 atom stereocenters. The van der Waals surface area contributed by atoms with Crippen molar-refractivity contribution in [2.45, 2.75) is 31.7 Å². The first-order valence-corrected chi connectivity index (χ1v) is 6.59. The molecule has 1 N–H and O–H groups in total. The molecule has 1 saturated carbocycles. The van der Waals surface area contributed by atoms with E-state index in [1.807, 2.05) is 0 Å². The van der Waals surface area contributed by atoms with E-state index in [2.05, 4.69) is 39.4 Å².